The van der Waals surface area contributed by atoms with Gasteiger partial charge in [0.15, 0.2) is 0 Å². The number of fused-ring (bicyclic) bond motifs is 1. The molecule has 0 spiro atoms. The molecule has 1 atom stereocenters. The van der Waals surface area contributed by atoms with E-state index in [1.165, 1.54) is 4.68 Å². The number of ether oxygens (including phenoxy) is 1. The molecule has 3 aromatic rings. The van der Waals surface area contributed by atoms with Crippen molar-refractivity contribution in [2.45, 2.75) is 53.2 Å². The zero-order chi connectivity index (χ0) is 21.8. The number of aromatic nitrogens is 3. The van der Waals surface area contributed by atoms with E-state index >= 15 is 0 Å². The fourth-order valence-corrected chi connectivity index (χ4v) is 3.78. The van der Waals surface area contributed by atoms with E-state index in [1.807, 2.05) is 69.5 Å². The van der Waals surface area contributed by atoms with Crippen LogP contribution in [-0.2, 0) is 9.53 Å². The van der Waals surface area contributed by atoms with E-state index < -0.39 is 6.04 Å². The lowest BCUT2D eigenvalue weighted by Gasteiger charge is -2.18. The van der Waals surface area contributed by atoms with Crippen LogP contribution in [0.25, 0.3) is 16.5 Å². The van der Waals surface area contributed by atoms with Gasteiger partial charge in [0.1, 0.15) is 6.04 Å². The van der Waals surface area contributed by atoms with E-state index in [9.17, 15) is 9.59 Å². The number of nitrogens with zero attached hydrogens (tertiary/aromatic N) is 3. The zero-order valence-electron chi connectivity index (χ0n) is 18.3. The quantitative estimate of drug-likeness (QED) is 0.578. The monoisotopic (exact) mass is 410 g/mol. The summed E-state index contributed by atoms with van der Waals surface area (Å²) in [5.41, 5.74) is 2.16. The Labute approximate surface area is 176 Å². The Morgan fingerprint density at radius 2 is 1.83 bits per heavy atom. The number of carbonyl (C=O) groups excluding carboxylic acids is 1. The van der Waals surface area contributed by atoms with Gasteiger partial charge in [0.05, 0.1) is 23.4 Å². The van der Waals surface area contributed by atoms with Gasteiger partial charge < -0.3 is 14.6 Å². The van der Waals surface area contributed by atoms with Gasteiger partial charge in [-0.15, -0.1) is 0 Å². The molecule has 1 unspecified atom stereocenters. The molecule has 0 aliphatic rings. The lowest BCUT2D eigenvalue weighted by atomic mass is 10.2. The van der Waals surface area contributed by atoms with Crippen LogP contribution in [0.5, 0.6) is 0 Å². The molecule has 0 saturated carbocycles. The largest absolute Gasteiger partial charge is 0.379 e. The summed E-state index contributed by atoms with van der Waals surface area (Å²) in [4.78, 5) is 25.9. The maximum absolute atomic E-state index is 13.2. The second kappa shape index (κ2) is 9.26. The van der Waals surface area contributed by atoms with Crippen molar-refractivity contribution in [3.05, 3.63) is 58.3 Å². The highest BCUT2D eigenvalue weighted by Gasteiger charge is 2.23. The summed E-state index contributed by atoms with van der Waals surface area (Å²) in [7, 11) is 0. The number of hydrogen-bond acceptors (Lipinski definition) is 4. The summed E-state index contributed by atoms with van der Waals surface area (Å²) in [5, 5.41) is 8.69. The van der Waals surface area contributed by atoms with Crippen LogP contribution >= 0.6 is 0 Å². The summed E-state index contributed by atoms with van der Waals surface area (Å²) in [6.07, 6.45) is 2.65. The average Bonchev–Trinajstić information content (AvgIpc) is 2.98. The van der Waals surface area contributed by atoms with E-state index in [2.05, 4.69) is 10.4 Å². The molecule has 2 heterocycles. The summed E-state index contributed by atoms with van der Waals surface area (Å²) in [6.45, 7) is 10.8. The lowest BCUT2D eigenvalue weighted by Crippen LogP contribution is -2.33. The maximum Gasteiger partial charge on any atom is 0.281 e. The average molecular weight is 411 g/mol. The number of para-hydroxylation sites is 1. The SMILES string of the molecule is Cc1c2cnn(-c3ccccc3)c(=O)c2c(C)n1C(C)C(=O)NCCCOC(C)C. The molecule has 0 radical (unpaired) electrons. The van der Waals surface area contributed by atoms with E-state index in [0.717, 1.165) is 23.2 Å². The van der Waals surface area contributed by atoms with Crippen LogP contribution in [0.4, 0.5) is 0 Å². The smallest absolute Gasteiger partial charge is 0.281 e. The minimum absolute atomic E-state index is 0.0811. The third kappa shape index (κ3) is 4.31. The molecule has 0 fully saturated rings. The Hall–Kier alpha value is -2.93. The molecule has 1 N–H and O–H groups in total. The minimum atomic E-state index is -0.437. The van der Waals surface area contributed by atoms with Gasteiger partial charge in [-0.3, -0.25) is 9.59 Å². The minimum Gasteiger partial charge on any atom is -0.379 e. The molecule has 0 bridgehead atoms. The molecule has 0 aliphatic heterocycles. The third-order valence-corrected chi connectivity index (χ3v) is 5.29. The summed E-state index contributed by atoms with van der Waals surface area (Å²) < 4.78 is 8.83. The summed E-state index contributed by atoms with van der Waals surface area (Å²) in [6, 6.07) is 8.89. The van der Waals surface area contributed by atoms with E-state index in [4.69, 9.17) is 4.74 Å². The van der Waals surface area contributed by atoms with Crippen molar-refractivity contribution < 1.29 is 9.53 Å². The van der Waals surface area contributed by atoms with Crippen molar-refractivity contribution in [2.75, 3.05) is 13.2 Å². The highest BCUT2D eigenvalue weighted by molar-refractivity contribution is 5.89. The van der Waals surface area contributed by atoms with Crippen LogP contribution < -0.4 is 10.9 Å². The van der Waals surface area contributed by atoms with Crippen LogP contribution in [-0.4, -0.2) is 39.5 Å². The highest BCUT2D eigenvalue weighted by atomic mass is 16.5. The van der Waals surface area contributed by atoms with Crippen LogP contribution in [0.2, 0.25) is 0 Å². The van der Waals surface area contributed by atoms with Crippen molar-refractivity contribution in [1.82, 2.24) is 19.7 Å². The lowest BCUT2D eigenvalue weighted by molar-refractivity contribution is -0.124. The van der Waals surface area contributed by atoms with Crippen molar-refractivity contribution in [1.29, 1.82) is 0 Å². The molecule has 7 heteroatoms. The molecule has 0 aliphatic carbocycles. The Morgan fingerprint density at radius 1 is 1.13 bits per heavy atom. The van der Waals surface area contributed by atoms with Gasteiger partial charge in [-0.05, 0) is 53.2 Å². The first-order chi connectivity index (χ1) is 14.3. The number of hydrogen-bond donors (Lipinski definition) is 1. The van der Waals surface area contributed by atoms with Gasteiger partial charge in [0, 0.05) is 29.9 Å². The molecular weight excluding hydrogens is 380 g/mol. The molecule has 30 heavy (non-hydrogen) atoms. The first kappa shape index (κ1) is 21.8. The Bertz CT molecular complexity index is 1080. The second-order valence-electron chi connectivity index (χ2n) is 7.77. The van der Waals surface area contributed by atoms with Gasteiger partial charge in [0.2, 0.25) is 5.91 Å². The van der Waals surface area contributed by atoms with Crippen molar-refractivity contribution in [2.24, 2.45) is 0 Å². The maximum atomic E-state index is 13.2. The van der Waals surface area contributed by atoms with Crippen molar-refractivity contribution >= 4 is 16.7 Å². The van der Waals surface area contributed by atoms with Gasteiger partial charge >= 0.3 is 0 Å². The first-order valence-electron chi connectivity index (χ1n) is 10.4. The Morgan fingerprint density at radius 3 is 2.50 bits per heavy atom. The van der Waals surface area contributed by atoms with Gasteiger partial charge in [0.25, 0.3) is 5.56 Å². The van der Waals surface area contributed by atoms with E-state index in [0.29, 0.717) is 24.2 Å². The zero-order valence-corrected chi connectivity index (χ0v) is 18.3. The number of benzene rings is 1. The van der Waals surface area contributed by atoms with Crippen molar-refractivity contribution in [3.8, 4) is 5.69 Å². The number of aryl methyl sites for hydroxylation is 2. The predicted octanol–water partition coefficient (Wildman–Crippen LogP) is 3.30. The molecule has 1 amide bonds. The number of nitrogens with one attached hydrogen (secondary N) is 1. The van der Waals surface area contributed by atoms with Crippen LogP contribution in [0, 0.1) is 13.8 Å². The topological polar surface area (TPSA) is 78.2 Å². The van der Waals surface area contributed by atoms with Crippen LogP contribution in [0.3, 0.4) is 0 Å². The molecule has 0 saturated heterocycles. The van der Waals surface area contributed by atoms with Crippen LogP contribution in [0.15, 0.2) is 41.3 Å². The molecule has 7 nitrogen and oxygen atoms in total. The van der Waals surface area contributed by atoms with Crippen molar-refractivity contribution in [3.63, 3.8) is 0 Å². The molecular formula is C23H30N4O3. The summed E-state index contributed by atoms with van der Waals surface area (Å²) >= 11 is 0. The van der Waals surface area contributed by atoms with Crippen LogP contribution in [0.1, 0.15) is 44.6 Å². The Balaban J connectivity index is 1.87. The Kier molecular flexibility index (Phi) is 6.72. The number of amides is 1. The van der Waals surface area contributed by atoms with Gasteiger partial charge in [-0.2, -0.15) is 9.78 Å². The molecule has 1 aromatic carbocycles. The second-order valence-corrected chi connectivity index (χ2v) is 7.77. The molecule has 3 rings (SSSR count). The van der Waals surface area contributed by atoms with E-state index in [1.54, 1.807) is 6.20 Å². The highest BCUT2D eigenvalue weighted by Crippen LogP contribution is 2.26. The number of rotatable bonds is 8. The standard InChI is InChI=1S/C23H30N4O3/c1-15(2)30-13-9-12-24-22(28)18(5)26-16(3)20-14-25-27(19-10-7-6-8-11-19)23(29)21(20)17(26)4/h6-8,10-11,14-15,18H,9,12-13H2,1-5H3,(H,24,28). The van der Waals surface area contributed by atoms with E-state index in [-0.39, 0.29) is 17.6 Å². The fourth-order valence-electron chi connectivity index (χ4n) is 3.78. The van der Waals surface area contributed by atoms with Gasteiger partial charge in [-0.1, -0.05) is 18.2 Å². The first-order valence-corrected chi connectivity index (χ1v) is 10.4. The van der Waals surface area contributed by atoms with Gasteiger partial charge in [-0.25, -0.2) is 0 Å². The predicted molar refractivity (Wildman–Crippen MR) is 118 cm³/mol. The number of carbonyl (C=O) groups is 1. The molecule has 2 aromatic heterocycles. The third-order valence-electron chi connectivity index (χ3n) is 5.29. The normalized spacial score (nSPS) is 12.5. The molecule has 160 valence electrons. The summed E-state index contributed by atoms with van der Waals surface area (Å²) in [5.74, 6) is -0.0811. The fraction of sp³-hybridized carbons (Fsp3) is 0.435.